The lowest BCUT2D eigenvalue weighted by Crippen LogP contribution is -2.39. The Balaban J connectivity index is 2.22. The van der Waals surface area contributed by atoms with Crippen molar-refractivity contribution in [1.82, 2.24) is 5.32 Å². The van der Waals surface area contributed by atoms with Crippen LogP contribution in [0.15, 0.2) is 24.3 Å². The lowest BCUT2D eigenvalue weighted by Gasteiger charge is -2.21. The van der Waals surface area contributed by atoms with Crippen LogP contribution in [0.2, 0.25) is 0 Å². The van der Waals surface area contributed by atoms with E-state index < -0.39 is 0 Å². The normalized spacial score (nSPS) is 12.2. The summed E-state index contributed by atoms with van der Waals surface area (Å²) in [4.78, 5) is 11.8. The second-order valence-corrected chi connectivity index (χ2v) is 5.70. The Morgan fingerprint density at radius 1 is 1.29 bits per heavy atom. The van der Waals surface area contributed by atoms with E-state index >= 15 is 0 Å². The van der Waals surface area contributed by atoms with E-state index in [0.29, 0.717) is 31.8 Å². The minimum Gasteiger partial charge on any atom is -0.494 e. The highest BCUT2D eigenvalue weighted by atomic mass is 16.5. The maximum Gasteiger partial charge on any atom is 0.220 e. The highest BCUT2D eigenvalue weighted by Gasteiger charge is 2.15. The van der Waals surface area contributed by atoms with Gasteiger partial charge in [-0.15, -0.1) is 0 Å². The monoisotopic (exact) mass is 293 g/mol. The van der Waals surface area contributed by atoms with Crippen LogP contribution in [0.25, 0.3) is 0 Å². The van der Waals surface area contributed by atoms with E-state index in [-0.39, 0.29) is 18.6 Å². The highest BCUT2D eigenvalue weighted by Crippen LogP contribution is 2.12. The zero-order valence-corrected chi connectivity index (χ0v) is 13.3. The molecule has 0 aromatic heterocycles. The van der Waals surface area contributed by atoms with Gasteiger partial charge in [-0.05, 0) is 37.8 Å². The summed E-state index contributed by atoms with van der Waals surface area (Å²) in [5, 5.41) is 12.0. The maximum atomic E-state index is 11.8. The zero-order valence-electron chi connectivity index (χ0n) is 13.3. The average Bonchev–Trinajstić information content (AvgIpc) is 2.45. The molecule has 0 aliphatic heterocycles. The average molecular weight is 293 g/mol. The fourth-order valence-corrected chi connectivity index (χ4v) is 2.05. The molecular weight excluding hydrogens is 266 g/mol. The first-order valence-corrected chi connectivity index (χ1v) is 7.62. The zero-order chi connectivity index (χ0) is 15.7. The number of aliphatic hydroxyl groups is 1. The molecule has 1 aromatic carbocycles. The van der Waals surface area contributed by atoms with Crippen molar-refractivity contribution in [3.05, 3.63) is 29.8 Å². The molecule has 0 saturated carbocycles. The topological polar surface area (TPSA) is 58.6 Å². The van der Waals surface area contributed by atoms with Gasteiger partial charge in [0.15, 0.2) is 0 Å². The van der Waals surface area contributed by atoms with E-state index in [9.17, 15) is 4.79 Å². The molecule has 1 aromatic rings. The van der Waals surface area contributed by atoms with Gasteiger partial charge in [0, 0.05) is 19.1 Å². The molecule has 118 valence electrons. The first-order valence-electron chi connectivity index (χ1n) is 7.62. The molecule has 4 heteroatoms. The van der Waals surface area contributed by atoms with Crippen LogP contribution in [0.5, 0.6) is 5.75 Å². The summed E-state index contributed by atoms with van der Waals surface area (Å²) in [6.07, 6.45) is 1.73. The Labute approximate surface area is 127 Å². The summed E-state index contributed by atoms with van der Waals surface area (Å²) in [7, 11) is 0. The molecule has 0 radical (unpaired) electrons. The molecule has 1 rings (SSSR count). The Morgan fingerprint density at radius 2 is 1.95 bits per heavy atom. The van der Waals surface area contributed by atoms with Gasteiger partial charge >= 0.3 is 0 Å². The molecule has 0 bridgehead atoms. The summed E-state index contributed by atoms with van der Waals surface area (Å²) in [5.74, 6) is 1.18. The SMILES string of the molecule is Cc1ccc(OCCCC(=O)NC(CCO)C(C)C)cc1. The van der Waals surface area contributed by atoms with Crippen molar-refractivity contribution in [2.45, 2.75) is 46.1 Å². The van der Waals surface area contributed by atoms with E-state index in [4.69, 9.17) is 9.84 Å². The van der Waals surface area contributed by atoms with E-state index in [1.807, 2.05) is 45.0 Å². The van der Waals surface area contributed by atoms with Crippen LogP contribution in [0.1, 0.15) is 38.7 Å². The smallest absolute Gasteiger partial charge is 0.220 e. The summed E-state index contributed by atoms with van der Waals surface area (Å²) in [6.45, 7) is 6.75. The number of carbonyl (C=O) groups excluding carboxylic acids is 1. The third-order valence-corrected chi connectivity index (χ3v) is 3.43. The van der Waals surface area contributed by atoms with Gasteiger partial charge in [0.05, 0.1) is 6.61 Å². The summed E-state index contributed by atoms with van der Waals surface area (Å²) >= 11 is 0. The molecule has 1 atom stereocenters. The quantitative estimate of drug-likeness (QED) is 0.688. The third kappa shape index (κ3) is 7.14. The van der Waals surface area contributed by atoms with Crippen LogP contribution in [0.3, 0.4) is 0 Å². The minimum absolute atomic E-state index is 0.0228. The first kappa shape index (κ1) is 17.5. The van der Waals surface area contributed by atoms with Crippen molar-refractivity contribution >= 4 is 5.91 Å². The molecule has 1 amide bonds. The van der Waals surface area contributed by atoms with E-state index in [0.717, 1.165) is 5.75 Å². The Bertz CT molecular complexity index is 415. The first-order chi connectivity index (χ1) is 10.0. The third-order valence-electron chi connectivity index (χ3n) is 3.43. The molecule has 0 heterocycles. The lowest BCUT2D eigenvalue weighted by atomic mass is 10.0. The number of hydrogen-bond acceptors (Lipinski definition) is 3. The number of carbonyl (C=O) groups is 1. The fraction of sp³-hybridized carbons (Fsp3) is 0.588. The second-order valence-electron chi connectivity index (χ2n) is 5.70. The number of amides is 1. The van der Waals surface area contributed by atoms with Crippen LogP contribution < -0.4 is 10.1 Å². The molecule has 0 fully saturated rings. The largest absolute Gasteiger partial charge is 0.494 e. The molecule has 21 heavy (non-hydrogen) atoms. The number of hydrogen-bond donors (Lipinski definition) is 2. The van der Waals surface area contributed by atoms with Gasteiger partial charge < -0.3 is 15.2 Å². The van der Waals surface area contributed by atoms with Gasteiger partial charge in [-0.3, -0.25) is 4.79 Å². The maximum absolute atomic E-state index is 11.8. The minimum atomic E-state index is 0.0228. The molecule has 4 nitrogen and oxygen atoms in total. The van der Waals surface area contributed by atoms with Crippen LogP contribution in [0, 0.1) is 12.8 Å². The highest BCUT2D eigenvalue weighted by molar-refractivity contribution is 5.76. The van der Waals surface area contributed by atoms with Crippen LogP contribution >= 0.6 is 0 Å². The summed E-state index contributed by atoms with van der Waals surface area (Å²) in [5.41, 5.74) is 1.20. The lowest BCUT2D eigenvalue weighted by molar-refractivity contribution is -0.122. The van der Waals surface area contributed by atoms with Crippen molar-refractivity contribution in [2.24, 2.45) is 5.92 Å². The van der Waals surface area contributed by atoms with Crippen LogP contribution in [-0.4, -0.2) is 30.3 Å². The van der Waals surface area contributed by atoms with Crippen molar-refractivity contribution in [2.75, 3.05) is 13.2 Å². The van der Waals surface area contributed by atoms with Gasteiger partial charge in [0.1, 0.15) is 5.75 Å². The van der Waals surface area contributed by atoms with Gasteiger partial charge in [0.2, 0.25) is 5.91 Å². The van der Waals surface area contributed by atoms with Crippen molar-refractivity contribution in [3.63, 3.8) is 0 Å². The van der Waals surface area contributed by atoms with E-state index in [1.165, 1.54) is 5.56 Å². The fourth-order valence-electron chi connectivity index (χ4n) is 2.05. The number of benzene rings is 1. The number of nitrogens with one attached hydrogen (secondary N) is 1. The van der Waals surface area contributed by atoms with E-state index in [1.54, 1.807) is 0 Å². The van der Waals surface area contributed by atoms with Gasteiger partial charge in [-0.1, -0.05) is 31.5 Å². The Kier molecular flexibility index (Phi) is 7.83. The summed E-state index contributed by atoms with van der Waals surface area (Å²) < 4.78 is 5.59. The second kappa shape index (κ2) is 9.40. The van der Waals surface area contributed by atoms with Gasteiger partial charge in [-0.25, -0.2) is 0 Å². The van der Waals surface area contributed by atoms with Gasteiger partial charge in [-0.2, -0.15) is 0 Å². The molecular formula is C17H27NO3. The molecule has 0 spiro atoms. The molecule has 0 aliphatic carbocycles. The molecule has 0 aliphatic rings. The predicted molar refractivity (Wildman–Crippen MR) is 84.4 cm³/mol. The van der Waals surface area contributed by atoms with Crippen LogP contribution in [0.4, 0.5) is 0 Å². The number of rotatable bonds is 9. The Hall–Kier alpha value is -1.55. The molecule has 0 saturated heterocycles. The van der Waals surface area contributed by atoms with Crippen LogP contribution in [-0.2, 0) is 4.79 Å². The van der Waals surface area contributed by atoms with Gasteiger partial charge in [0.25, 0.3) is 0 Å². The Morgan fingerprint density at radius 3 is 2.52 bits per heavy atom. The van der Waals surface area contributed by atoms with Crippen molar-refractivity contribution in [1.29, 1.82) is 0 Å². The standard InChI is InChI=1S/C17H27NO3/c1-13(2)16(10-11-19)18-17(20)5-4-12-21-15-8-6-14(3)7-9-15/h6-9,13,16,19H,4-5,10-12H2,1-3H3,(H,18,20). The predicted octanol–water partition coefficient (Wildman–Crippen LogP) is 2.68. The number of aliphatic hydroxyl groups excluding tert-OH is 1. The number of ether oxygens (including phenoxy) is 1. The van der Waals surface area contributed by atoms with Crippen molar-refractivity contribution in [3.8, 4) is 5.75 Å². The molecule has 1 unspecified atom stereocenters. The molecule has 2 N–H and O–H groups in total. The number of aryl methyl sites for hydroxylation is 1. The summed E-state index contributed by atoms with van der Waals surface area (Å²) in [6, 6.07) is 7.92. The van der Waals surface area contributed by atoms with E-state index in [2.05, 4.69) is 5.32 Å². The van der Waals surface area contributed by atoms with Crippen molar-refractivity contribution < 1.29 is 14.6 Å².